The zero-order chi connectivity index (χ0) is 11.0. The first-order valence-electron chi connectivity index (χ1n) is 5.35. The van der Waals surface area contributed by atoms with E-state index in [1.54, 1.807) is 0 Å². The summed E-state index contributed by atoms with van der Waals surface area (Å²) in [6.07, 6.45) is 7.92. The number of fused-ring (bicyclic) bond motifs is 2. The molecule has 0 bridgehead atoms. The Morgan fingerprint density at radius 3 is 2.81 bits per heavy atom. The Morgan fingerprint density at radius 2 is 1.88 bits per heavy atom. The highest BCUT2D eigenvalue weighted by Gasteiger charge is 2.08. The predicted molar refractivity (Wildman–Crippen MR) is 67.7 cm³/mol. The lowest BCUT2D eigenvalue weighted by molar-refractivity contribution is 1.22. The van der Waals surface area contributed by atoms with Gasteiger partial charge < -0.3 is 5.32 Å². The molecule has 0 atom stereocenters. The van der Waals surface area contributed by atoms with Gasteiger partial charge >= 0.3 is 0 Å². The Labute approximate surface area is 94.3 Å². The summed E-state index contributed by atoms with van der Waals surface area (Å²) in [5.74, 6) is 0. The molecule has 78 valence electrons. The van der Waals surface area contributed by atoms with Crippen LogP contribution in [0.2, 0.25) is 0 Å². The molecule has 1 aliphatic heterocycles. The standard InChI is InChI=1S/C14H12N2/c1-10-11-4-2-3-5-13(11)16-14-7-9-15-8-6-12(10)14/h2-9,15H,1H3. The van der Waals surface area contributed by atoms with E-state index in [9.17, 15) is 0 Å². The molecule has 0 aliphatic carbocycles. The second-order valence-electron chi connectivity index (χ2n) is 3.89. The van der Waals surface area contributed by atoms with Gasteiger partial charge in [0.2, 0.25) is 0 Å². The second-order valence-corrected chi connectivity index (χ2v) is 3.89. The first-order chi connectivity index (χ1) is 7.86. The molecule has 3 rings (SSSR count). The summed E-state index contributed by atoms with van der Waals surface area (Å²) < 4.78 is 0. The normalized spacial score (nSPS) is 13.3. The molecule has 0 saturated carbocycles. The van der Waals surface area contributed by atoms with Crippen LogP contribution in [0.1, 0.15) is 16.8 Å². The maximum Gasteiger partial charge on any atom is 0.0727 e. The highest BCUT2D eigenvalue weighted by atomic mass is 14.8. The maximum absolute atomic E-state index is 4.66. The Kier molecular flexibility index (Phi) is 2.00. The molecular weight excluding hydrogens is 196 g/mol. The predicted octanol–water partition coefficient (Wildman–Crippen LogP) is 3.09. The summed E-state index contributed by atoms with van der Waals surface area (Å²) in [5, 5.41) is 4.30. The van der Waals surface area contributed by atoms with E-state index in [-0.39, 0.29) is 0 Å². The van der Waals surface area contributed by atoms with Crippen LogP contribution in [0.3, 0.4) is 0 Å². The minimum atomic E-state index is 1.03. The number of pyridine rings is 1. The minimum absolute atomic E-state index is 1.03. The Morgan fingerprint density at radius 1 is 1.06 bits per heavy atom. The molecule has 16 heavy (non-hydrogen) atoms. The van der Waals surface area contributed by atoms with Crippen molar-refractivity contribution in [1.29, 1.82) is 0 Å². The van der Waals surface area contributed by atoms with Crippen molar-refractivity contribution in [2.75, 3.05) is 0 Å². The average molecular weight is 208 g/mol. The van der Waals surface area contributed by atoms with Crippen LogP contribution in [0.25, 0.3) is 23.1 Å². The molecule has 0 spiro atoms. The number of aryl methyl sites for hydroxylation is 1. The number of aromatic nitrogens is 1. The third-order valence-electron chi connectivity index (χ3n) is 2.91. The van der Waals surface area contributed by atoms with E-state index in [1.165, 1.54) is 16.5 Å². The van der Waals surface area contributed by atoms with Gasteiger partial charge in [0.25, 0.3) is 0 Å². The van der Waals surface area contributed by atoms with Crippen molar-refractivity contribution in [3.63, 3.8) is 0 Å². The fraction of sp³-hybridized carbons (Fsp3) is 0.0714. The Hall–Kier alpha value is -2.09. The lowest BCUT2D eigenvalue weighted by Crippen LogP contribution is -1.93. The first-order valence-corrected chi connectivity index (χ1v) is 5.35. The van der Waals surface area contributed by atoms with E-state index in [2.05, 4.69) is 41.5 Å². The van der Waals surface area contributed by atoms with Crippen LogP contribution < -0.4 is 5.32 Å². The third-order valence-corrected chi connectivity index (χ3v) is 2.91. The molecule has 1 aliphatic rings. The molecule has 0 amide bonds. The molecular formula is C14H12N2. The largest absolute Gasteiger partial charge is 0.368 e. The van der Waals surface area contributed by atoms with E-state index in [0.29, 0.717) is 0 Å². The second kappa shape index (κ2) is 3.49. The highest BCUT2D eigenvalue weighted by molar-refractivity contribution is 5.87. The lowest BCUT2D eigenvalue weighted by atomic mass is 10.0. The molecule has 1 aromatic heterocycles. The van der Waals surface area contributed by atoms with Crippen molar-refractivity contribution in [3.8, 4) is 0 Å². The van der Waals surface area contributed by atoms with Crippen LogP contribution >= 0.6 is 0 Å². The lowest BCUT2D eigenvalue weighted by Gasteiger charge is -2.08. The summed E-state index contributed by atoms with van der Waals surface area (Å²) in [7, 11) is 0. The highest BCUT2D eigenvalue weighted by Crippen LogP contribution is 2.25. The van der Waals surface area contributed by atoms with Gasteiger partial charge in [0.05, 0.1) is 11.2 Å². The molecule has 2 heteroatoms. The summed E-state index contributed by atoms with van der Waals surface area (Å²) >= 11 is 0. The fourth-order valence-electron chi connectivity index (χ4n) is 2.07. The monoisotopic (exact) mass is 208 g/mol. The number of para-hydroxylation sites is 1. The molecule has 0 unspecified atom stereocenters. The van der Waals surface area contributed by atoms with Gasteiger partial charge in [-0.3, -0.25) is 0 Å². The van der Waals surface area contributed by atoms with Crippen molar-refractivity contribution in [2.45, 2.75) is 6.92 Å². The van der Waals surface area contributed by atoms with Crippen molar-refractivity contribution in [2.24, 2.45) is 0 Å². The van der Waals surface area contributed by atoms with E-state index < -0.39 is 0 Å². The van der Waals surface area contributed by atoms with Crippen molar-refractivity contribution >= 4 is 23.1 Å². The Balaban J connectivity index is 2.43. The summed E-state index contributed by atoms with van der Waals surface area (Å²) in [6.45, 7) is 2.15. The average Bonchev–Trinajstić information content (AvgIpc) is 2.55. The topological polar surface area (TPSA) is 24.9 Å². The van der Waals surface area contributed by atoms with Crippen LogP contribution in [0, 0.1) is 6.92 Å². The van der Waals surface area contributed by atoms with Gasteiger partial charge in [-0.25, -0.2) is 4.98 Å². The molecule has 0 radical (unpaired) electrons. The van der Waals surface area contributed by atoms with E-state index in [4.69, 9.17) is 0 Å². The van der Waals surface area contributed by atoms with Crippen LogP contribution in [0.4, 0.5) is 0 Å². The summed E-state index contributed by atoms with van der Waals surface area (Å²) in [5.41, 5.74) is 4.56. The third kappa shape index (κ3) is 1.31. The first kappa shape index (κ1) is 9.16. The van der Waals surface area contributed by atoms with Gasteiger partial charge in [-0.2, -0.15) is 0 Å². The van der Waals surface area contributed by atoms with Gasteiger partial charge in [-0.1, -0.05) is 18.2 Å². The summed E-state index contributed by atoms with van der Waals surface area (Å²) in [4.78, 5) is 4.66. The molecule has 2 nitrogen and oxygen atoms in total. The number of nitrogens with zero attached hydrogens (tertiary/aromatic N) is 1. The molecule has 1 N–H and O–H groups in total. The molecule has 2 aromatic rings. The molecule has 1 aromatic carbocycles. The van der Waals surface area contributed by atoms with Crippen LogP contribution in [-0.4, -0.2) is 4.98 Å². The molecule has 0 saturated heterocycles. The SMILES string of the molecule is Cc1c2c(nc3ccccc13)C=CNC=C2. The molecule has 2 heterocycles. The zero-order valence-electron chi connectivity index (χ0n) is 9.07. The van der Waals surface area contributed by atoms with E-state index in [1.807, 2.05) is 24.5 Å². The zero-order valence-corrected chi connectivity index (χ0v) is 9.07. The number of nitrogens with one attached hydrogen (secondary N) is 1. The number of hydrogen-bond acceptors (Lipinski definition) is 2. The van der Waals surface area contributed by atoms with E-state index in [0.717, 1.165) is 11.2 Å². The van der Waals surface area contributed by atoms with Gasteiger partial charge in [0.15, 0.2) is 0 Å². The van der Waals surface area contributed by atoms with Crippen LogP contribution in [0.15, 0.2) is 36.7 Å². The number of rotatable bonds is 0. The smallest absolute Gasteiger partial charge is 0.0727 e. The van der Waals surface area contributed by atoms with E-state index >= 15 is 0 Å². The fourth-order valence-corrected chi connectivity index (χ4v) is 2.07. The van der Waals surface area contributed by atoms with Crippen molar-refractivity contribution < 1.29 is 0 Å². The van der Waals surface area contributed by atoms with Gasteiger partial charge in [-0.15, -0.1) is 0 Å². The van der Waals surface area contributed by atoms with Crippen molar-refractivity contribution in [1.82, 2.24) is 10.3 Å². The Bertz CT molecular complexity index is 609. The molecule has 0 fully saturated rings. The quantitative estimate of drug-likeness (QED) is 0.719. The minimum Gasteiger partial charge on any atom is -0.368 e. The number of hydrogen-bond donors (Lipinski definition) is 1. The summed E-state index contributed by atoms with van der Waals surface area (Å²) in [6, 6.07) is 8.25. The van der Waals surface area contributed by atoms with Crippen LogP contribution in [0.5, 0.6) is 0 Å². The van der Waals surface area contributed by atoms with Crippen molar-refractivity contribution in [3.05, 3.63) is 53.5 Å². The van der Waals surface area contributed by atoms with Crippen LogP contribution in [-0.2, 0) is 0 Å². The maximum atomic E-state index is 4.66. The number of benzene rings is 1. The van der Waals surface area contributed by atoms with Gasteiger partial charge in [0.1, 0.15) is 0 Å². The van der Waals surface area contributed by atoms with Gasteiger partial charge in [0, 0.05) is 23.3 Å². The van der Waals surface area contributed by atoms with Gasteiger partial charge in [-0.05, 0) is 30.7 Å².